The molecule has 0 amide bonds. The van der Waals surface area contributed by atoms with E-state index in [-0.39, 0.29) is 11.2 Å². The van der Waals surface area contributed by atoms with Crippen LogP contribution in [0.2, 0.25) is 0 Å². The van der Waals surface area contributed by atoms with E-state index in [2.05, 4.69) is 55.5 Å². The van der Waals surface area contributed by atoms with Crippen LogP contribution >= 0.6 is 0 Å². The fourth-order valence-corrected chi connectivity index (χ4v) is 4.18. The van der Waals surface area contributed by atoms with Gasteiger partial charge < -0.3 is 15.3 Å². The van der Waals surface area contributed by atoms with Gasteiger partial charge in [-0.15, -0.1) is 0 Å². The Bertz CT molecular complexity index is 963. The molecule has 0 aromatic heterocycles. The van der Waals surface area contributed by atoms with Crippen molar-refractivity contribution in [1.82, 2.24) is 0 Å². The summed E-state index contributed by atoms with van der Waals surface area (Å²) < 4.78 is 4.72. The second-order valence-corrected chi connectivity index (χ2v) is 7.22. The second-order valence-electron chi connectivity index (χ2n) is 7.22. The molecule has 3 N–H and O–H groups in total. The molecule has 1 heterocycles. The number of aliphatic hydroxyl groups is 1. The van der Waals surface area contributed by atoms with E-state index in [1.165, 1.54) is 59.1 Å². The molecule has 0 saturated heterocycles. The molecule has 0 radical (unpaired) electrons. The smallest absolute Gasteiger partial charge is 0.118 e. The van der Waals surface area contributed by atoms with Crippen LogP contribution in [-0.4, -0.2) is 17.2 Å². The van der Waals surface area contributed by atoms with Crippen molar-refractivity contribution in [2.75, 3.05) is 6.61 Å². The Morgan fingerprint density at radius 2 is 1.86 bits per heavy atom. The van der Waals surface area contributed by atoms with Crippen LogP contribution in [-0.2, 0) is 17.6 Å². The lowest BCUT2D eigenvalue weighted by Crippen LogP contribution is -2.06. The summed E-state index contributed by atoms with van der Waals surface area (Å²) in [6.07, 6.45) is 18.6. The zero-order valence-electron chi connectivity index (χ0n) is 16.3. The average Bonchev–Trinajstić information content (AvgIpc) is 2.73. The summed E-state index contributed by atoms with van der Waals surface area (Å²) in [4.78, 5) is 0. The normalized spacial score (nSPS) is 18.8. The topological polar surface area (TPSA) is 61.0 Å². The maximum atomic E-state index is 8.60. The first-order valence-electron chi connectivity index (χ1n) is 9.85. The fraction of sp³-hybridized carbons (Fsp3) is 0.280. The van der Waals surface area contributed by atoms with Gasteiger partial charge in [-0.1, -0.05) is 55.5 Å². The standard InChI is InChI=1S/C20H20.C5H6O2.H2O/c1-2-14-7-5-8-16-11-12-18-17-9-4-3-6-15(17)10-13-19(18)20(14)16;6-5-1-3-7-4-2-5;/h4-5,7,9-14H,2-3,6,8H2,1H3;1-3,6H,4H2;1H2. The molecule has 2 aromatic rings. The monoisotopic (exact) mass is 376 g/mol. The number of hydrogen-bond donors (Lipinski definition) is 1. The molecule has 2 aliphatic carbocycles. The molecule has 0 saturated carbocycles. The van der Waals surface area contributed by atoms with E-state index >= 15 is 0 Å². The summed E-state index contributed by atoms with van der Waals surface area (Å²) >= 11 is 0. The van der Waals surface area contributed by atoms with E-state index in [0.717, 1.165) is 6.42 Å². The lowest BCUT2D eigenvalue weighted by molar-refractivity contribution is 0.271. The van der Waals surface area contributed by atoms with Gasteiger partial charge in [0.1, 0.15) is 12.4 Å². The van der Waals surface area contributed by atoms with E-state index in [4.69, 9.17) is 9.84 Å². The minimum atomic E-state index is 0. The highest BCUT2D eigenvalue weighted by atomic mass is 16.5. The van der Waals surface area contributed by atoms with Crippen LogP contribution in [0.25, 0.3) is 16.8 Å². The number of fused-ring (bicyclic) bond motifs is 5. The van der Waals surface area contributed by atoms with Crippen molar-refractivity contribution in [3.63, 3.8) is 0 Å². The molecule has 3 heteroatoms. The van der Waals surface area contributed by atoms with Crippen molar-refractivity contribution in [3.8, 4) is 0 Å². The summed E-state index contributed by atoms with van der Waals surface area (Å²) in [5, 5.41) is 11.5. The van der Waals surface area contributed by atoms with E-state index in [0.29, 0.717) is 12.5 Å². The quantitative estimate of drug-likeness (QED) is 0.663. The molecule has 3 aliphatic rings. The maximum absolute atomic E-state index is 8.60. The number of allylic oxidation sites excluding steroid dienone is 4. The van der Waals surface area contributed by atoms with E-state index in [1.54, 1.807) is 11.6 Å². The number of aryl methyl sites for hydroxylation is 1. The van der Waals surface area contributed by atoms with Crippen molar-refractivity contribution in [3.05, 3.63) is 88.9 Å². The highest BCUT2D eigenvalue weighted by Gasteiger charge is 2.19. The third-order valence-electron chi connectivity index (χ3n) is 5.57. The third kappa shape index (κ3) is 3.90. The van der Waals surface area contributed by atoms with Crippen molar-refractivity contribution >= 4 is 16.8 Å². The van der Waals surface area contributed by atoms with E-state index in [9.17, 15) is 0 Å². The third-order valence-corrected chi connectivity index (χ3v) is 5.57. The number of aliphatic hydroxyl groups excluding tert-OH is 1. The Balaban J connectivity index is 0.000000241. The summed E-state index contributed by atoms with van der Waals surface area (Å²) in [6.45, 7) is 2.78. The number of hydrogen-bond acceptors (Lipinski definition) is 2. The Labute approximate surface area is 166 Å². The van der Waals surface area contributed by atoms with Crippen LogP contribution in [0.5, 0.6) is 0 Å². The van der Waals surface area contributed by atoms with Crippen LogP contribution in [0.15, 0.2) is 66.7 Å². The molecule has 2 aromatic carbocycles. The molecule has 1 unspecified atom stereocenters. The summed E-state index contributed by atoms with van der Waals surface area (Å²) in [7, 11) is 0. The Kier molecular flexibility index (Phi) is 6.37. The van der Waals surface area contributed by atoms with Gasteiger partial charge in [0.05, 0.1) is 6.26 Å². The van der Waals surface area contributed by atoms with Crippen LogP contribution in [0, 0.1) is 0 Å². The molecule has 3 nitrogen and oxygen atoms in total. The van der Waals surface area contributed by atoms with Gasteiger partial charge in [-0.05, 0) is 64.8 Å². The van der Waals surface area contributed by atoms with Crippen LogP contribution < -0.4 is 0 Å². The zero-order chi connectivity index (χ0) is 18.6. The molecule has 5 rings (SSSR count). The SMILES string of the molecule is CCC1C=CCc2ccc3c4c(ccc3c21)CCC=C4.O.OC1=CCOC=C1. The average molecular weight is 376 g/mol. The van der Waals surface area contributed by atoms with Gasteiger partial charge in [0.15, 0.2) is 0 Å². The zero-order valence-corrected chi connectivity index (χ0v) is 16.3. The number of benzene rings is 2. The van der Waals surface area contributed by atoms with Crippen LogP contribution in [0.4, 0.5) is 0 Å². The Morgan fingerprint density at radius 1 is 1.04 bits per heavy atom. The van der Waals surface area contributed by atoms with Gasteiger partial charge in [-0.3, -0.25) is 0 Å². The summed E-state index contributed by atoms with van der Waals surface area (Å²) in [6, 6.07) is 9.42. The lowest BCUT2D eigenvalue weighted by Gasteiger charge is -2.24. The maximum Gasteiger partial charge on any atom is 0.118 e. The van der Waals surface area contributed by atoms with E-state index < -0.39 is 0 Å². The van der Waals surface area contributed by atoms with Crippen LogP contribution in [0.3, 0.4) is 0 Å². The minimum absolute atomic E-state index is 0. The van der Waals surface area contributed by atoms with Crippen molar-refractivity contribution in [2.24, 2.45) is 0 Å². The van der Waals surface area contributed by atoms with Gasteiger partial charge in [-0.2, -0.15) is 0 Å². The van der Waals surface area contributed by atoms with Gasteiger partial charge in [-0.25, -0.2) is 0 Å². The Morgan fingerprint density at radius 3 is 2.57 bits per heavy atom. The number of rotatable bonds is 1. The molecule has 28 heavy (non-hydrogen) atoms. The van der Waals surface area contributed by atoms with Gasteiger partial charge >= 0.3 is 0 Å². The highest BCUT2D eigenvalue weighted by Crippen LogP contribution is 2.38. The van der Waals surface area contributed by atoms with Crippen LogP contribution in [0.1, 0.15) is 47.9 Å². The lowest BCUT2D eigenvalue weighted by atomic mass is 9.81. The first-order chi connectivity index (χ1) is 13.3. The largest absolute Gasteiger partial charge is 0.508 e. The highest BCUT2D eigenvalue weighted by molar-refractivity contribution is 5.96. The fourth-order valence-electron chi connectivity index (χ4n) is 4.18. The first kappa shape index (κ1) is 20.0. The minimum Gasteiger partial charge on any atom is -0.508 e. The second kappa shape index (κ2) is 8.94. The molecule has 0 spiro atoms. The molecule has 0 fully saturated rings. The Hall–Kier alpha value is -2.78. The van der Waals surface area contributed by atoms with Crippen molar-refractivity contribution in [1.29, 1.82) is 0 Å². The van der Waals surface area contributed by atoms with E-state index in [1.807, 2.05) is 0 Å². The number of ether oxygens (including phenoxy) is 1. The molecule has 146 valence electrons. The molecule has 0 bridgehead atoms. The molecular formula is C25H28O3. The van der Waals surface area contributed by atoms with Crippen molar-refractivity contribution in [2.45, 2.75) is 38.5 Å². The first-order valence-corrected chi connectivity index (χ1v) is 9.85. The predicted molar refractivity (Wildman–Crippen MR) is 117 cm³/mol. The predicted octanol–water partition coefficient (Wildman–Crippen LogP) is 5.55. The summed E-state index contributed by atoms with van der Waals surface area (Å²) in [5.74, 6) is 0.874. The van der Waals surface area contributed by atoms with Gasteiger partial charge in [0, 0.05) is 12.0 Å². The van der Waals surface area contributed by atoms with Gasteiger partial charge in [0.2, 0.25) is 0 Å². The molecule has 1 atom stereocenters. The van der Waals surface area contributed by atoms with Crippen molar-refractivity contribution < 1.29 is 15.3 Å². The van der Waals surface area contributed by atoms with Gasteiger partial charge in [0.25, 0.3) is 0 Å². The molecule has 1 aliphatic heterocycles. The summed E-state index contributed by atoms with van der Waals surface area (Å²) in [5.41, 5.74) is 6.07. The molecular weight excluding hydrogens is 348 g/mol.